The molecule has 1 aromatic carbocycles. The lowest BCUT2D eigenvalue weighted by atomic mass is 10.2. The van der Waals surface area contributed by atoms with Gasteiger partial charge in [0, 0.05) is 6.54 Å². The normalized spacial score (nSPS) is 20.0. The summed E-state index contributed by atoms with van der Waals surface area (Å²) in [5, 5.41) is 0. The Balaban J connectivity index is 2.24. The van der Waals surface area contributed by atoms with Gasteiger partial charge in [0.15, 0.2) is 0 Å². The summed E-state index contributed by atoms with van der Waals surface area (Å²) in [4.78, 5) is 12.8. The van der Waals surface area contributed by atoms with Crippen LogP contribution >= 0.6 is 0 Å². The summed E-state index contributed by atoms with van der Waals surface area (Å²) in [6.45, 7) is 0.582. The van der Waals surface area contributed by atoms with Gasteiger partial charge in [-0.2, -0.15) is 0 Å². The topological polar surface area (TPSA) is 81.6 Å². The Kier molecular flexibility index (Phi) is 2.66. The average Bonchev–Trinajstić information content (AvgIpc) is 2.64. The van der Waals surface area contributed by atoms with E-state index in [1.165, 1.54) is 17.0 Å². The number of ether oxygens (including phenoxy) is 1. The second-order valence-corrected chi connectivity index (χ2v) is 3.56. The van der Waals surface area contributed by atoms with E-state index in [-0.39, 0.29) is 18.3 Å². The number of nitrogens with two attached hydrogens (primary N) is 2. The SMILES string of the molecule is NCC1CN(c2ccc(N)c(F)c2)C(=O)O1. The maximum atomic E-state index is 13.2. The van der Waals surface area contributed by atoms with Crippen LogP contribution in [0.5, 0.6) is 0 Å². The zero-order valence-corrected chi connectivity index (χ0v) is 8.52. The molecule has 1 fully saturated rings. The molecule has 2 rings (SSSR count). The number of hydrogen-bond donors (Lipinski definition) is 2. The van der Waals surface area contributed by atoms with Gasteiger partial charge in [0.1, 0.15) is 11.9 Å². The van der Waals surface area contributed by atoms with E-state index in [9.17, 15) is 9.18 Å². The van der Waals surface area contributed by atoms with E-state index >= 15 is 0 Å². The van der Waals surface area contributed by atoms with E-state index in [4.69, 9.17) is 16.2 Å². The Hall–Kier alpha value is -1.82. The lowest BCUT2D eigenvalue weighted by molar-refractivity contribution is 0.145. The van der Waals surface area contributed by atoms with Crippen molar-refractivity contribution in [2.75, 3.05) is 23.7 Å². The molecule has 1 atom stereocenters. The molecule has 0 bridgehead atoms. The largest absolute Gasteiger partial charge is 0.443 e. The molecular weight excluding hydrogens is 213 g/mol. The van der Waals surface area contributed by atoms with Crippen LogP contribution in [0.2, 0.25) is 0 Å². The zero-order valence-electron chi connectivity index (χ0n) is 8.52. The maximum Gasteiger partial charge on any atom is 0.414 e. The summed E-state index contributed by atoms with van der Waals surface area (Å²) in [5.74, 6) is -0.554. The summed E-state index contributed by atoms with van der Waals surface area (Å²) in [6, 6.07) is 4.18. The van der Waals surface area contributed by atoms with Crippen LogP contribution in [0.15, 0.2) is 18.2 Å². The number of carbonyl (C=O) groups is 1. The fraction of sp³-hybridized carbons (Fsp3) is 0.300. The highest BCUT2D eigenvalue weighted by Crippen LogP contribution is 2.24. The van der Waals surface area contributed by atoms with Crippen molar-refractivity contribution in [3.8, 4) is 0 Å². The monoisotopic (exact) mass is 225 g/mol. The van der Waals surface area contributed by atoms with Crippen LogP contribution in [0.3, 0.4) is 0 Å². The third-order valence-corrected chi connectivity index (χ3v) is 2.43. The van der Waals surface area contributed by atoms with Gasteiger partial charge in [-0.3, -0.25) is 4.90 Å². The van der Waals surface area contributed by atoms with E-state index < -0.39 is 11.9 Å². The maximum absolute atomic E-state index is 13.2. The predicted molar refractivity (Wildman–Crippen MR) is 57.5 cm³/mol. The van der Waals surface area contributed by atoms with Crippen molar-refractivity contribution in [1.82, 2.24) is 0 Å². The standard InChI is InChI=1S/C10H12FN3O2/c11-8-3-6(1-2-9(8)13)14-5-7(4-12)16-10(14)15/h1-3,7H,4-5,12-13H2. The molecule has 1 amide bonds. The highest BCUT2D eigenvalue weighted by molar-refractivity contribution is 5.90. The second-order valence-electron chi connectivity index (χ2n) is 3.56. The molecule has 0 aliphatic carbocycles. The first-order chi connectivity index (χ1) is 7.61. The van der Waals surface area contributed by atoms with E-state index in [0.29, 0.717) is 12.2 Å². The molecule has 1 aliphatic rings. The Morgan fingerprint density at radius 2 is 2.31 bits per heavy atom. The molecule has 5 nitrogen and oxygen atoms in total. The number of nitrogen functional groups attached to an aromatic ring is 1. The number of cyclic esters (lactones) is 1. The molecule has 0 radical (unpaired) electrons. The summed E-state index contributed by atoms with van der Waals surface area (Å²) < 4.78 is 18.2. The fourth-order valence-corrected chi connectivity index (χ4v) is 1.54. The fourth-order valence-electron chi connectivity index (χ4n) is 1.54. The van der Waals surface area contributed by atoms with Crippen molar-refractivity contribution in [3.05, 3.63) is 24.0 Å². The van der Waals surface area contributed by atoms with Gasteiger partial charge in [-0.1, -0.05) is 0 Å². The molecular formula is C10H12FN3O2. The number of hydrogen-bond acceptors (Lipinski definition) is 4. The quantitative estimate of drug-likeness (QED) is 0.725. The molecule has 4 N–H and O–H groups in total. The lowest BCUT2D eigenvalue weighted by Crippen LogP contribution is -2.27. The summed E-state index contributed by atoms with van der Waals surface area (Å²) in [5.41, 5.74) is 11.2. The van der Waals surface area contributed by atoms with Gasteiger partial charge >= 0.3 is 6.09 Å². The summed E-state index contributed by atoms with van der Waals surface area (Å²) in [6.07, 6.45) is -0.854. The Labute approximate surface area is 91.8 Å². The van der Waals surface area contributed by atoms with E-state index in [2.05, 4.69) is 0 Å². The van der Waals surface area contributed by atoms with E-state index in [1.807, 2.05) is 0 Å². The van der Waals surface area contributed by atoms with E-state index in [1.54, 1.807) is 6.07 Å². The molecule has 1 saturated heterocycles. The minimum atomic E-state index is -0.554. The number of carbonyl (C=O) groups excluding carboxylic acids is 1. The number of nitrogens with zero attached hydrogens (tertiary/aromatic N) is 1. The molecule has 16 heavy (non-hydrogen) atoms. The Morgan fingerprint density at radius 3 is 2.88 bits per heavy atom. The Bertz CT molecular complexity index is 425. The highest BCUT2D eigenvalue weighted by atomic mass is 19.1. The van der Waals surface area contributed by atoms with Gasteiger partial charge in [-0.25, -0.2) is 9.18 Å². The molecule has 0 saturated carbocycles. The van der Waals surface area contributed by atoms with Crippen LogP contribution < -0.4 is 16.4 Å². The van der Waals surface area contributed by atoms with Crippen molar-refractivity contribution < 1.29 is 13.9 Å². The molecule has 1 unspecified atom stereocenters. The first kappa shape index (κ1) is 10.7. The molecule has 86 valence electrons. The second kappa shape index (κ2) is 3.97. The van der Waals surface area contributed by atoms with Crippen LogP contribution in [0.1, 0.15) is 0 Å². The Morgan fingerprint density at radius 1 is 1.56 bits per heavy atom. The van der Waals surface area contributed by atoms with Crippen LogP contribution in [0.4, 0.5) is 20.6 Å². The molecule has 1 aromatic rings. The number of rotatable bonds is 2. The molecule has 0 aromatic heterocycles. The molecule has 1 aliphatic heterocycles. The van der Waals surface area contributed by atoms with Gasteiger partial charge in [0.05, 0.1) is 17.9 Å². The number of amides is 1. The third kappa shape index (κ3) is 1.79. The van der Waals surface area contributed by atoms with Crippen LogP contribution in [0.25, 0.3) is 0 Å². The minimum Gasteiger partial charge on any atom is -0.443 e. The van der Waals surface area contributed by atoms with Gasteiger partial charge in [0.2, 0.25) is 0 Å². The van der Waals surface area contributed by atoms with Gasteiger partial charge in [-0.15, -0.1) is 0 Å². The average molecular weight is 225 g/mol. The smallest absolute Gasteiger partial charge is 0.414 e. The zero-order chi connectivity index (χ0) is 11.7. The van der Waals surface area contributed by atoms with Gasteiger partial charge < -0.3 is 16.2 Å². The first-order valence-corrected chi connectivity index (χ1v) is 4.85. The van der Waals surface area contributed by atoms with Crippen LogP contribution in [-0.2, 0) is 4.74 Å². The third-order valence-electron chi connectivity index (χ3n) is 2.43. The van der Waals surface area contributed by atoms with Crippen molar-refractivity contribution in [3.63, 3.8) is 0 Å². The molecule has 0 spiro atoms. The van der Waals surface area contributed by atoms with Crippen molar-refractivity contribution in [1.29, 1.82) is 0 Å². The van der Waals surface area contributed by atoms with Crippen molar-refractivity contribution >= 4 is 17.5 Å². The predicted octanol–water partition coefficient (Wildman–Crippen LogP) is 0.692. The van der Waals surface area contributed by atoms with Crippen LogP contribution in [0, 0.1) is 5.82 Å². The lowest BCUT2D eigenvalue weighted by Gasteiger charge is -2.13. The van der Waals surface area contributed by atoms with E-state index in [0.717, 1.165) is 0 Å². The number of anilines is 2. The van der Waals surface area contributed by atoms with Gasteiger partial charge in [-0.05, 0) is 18.2 Å². The minimum absolute atomic E-state index is 0.0479. The first-order valence-electron chi connectivity index (χ1n) is 4.85. The van der Waals surface area contributed by atoms with Crippen molar-refractivity contribution in [2.24, 2.45) is 5.73 Å². The van der Waals surface area contributed by atoms with Crippen molar-refractivity contribution in [2.45, 2.75) is 6.10 Å². The van der Waals surface area contributed by atoms with Crippen LogP contribution in [-0.4, -0.2) is 25.3 Å². The number of benzene rings is 1. The number of halogens is 1. The van der Waals surface area contributed by atoms with Gasteiger partial charge in [0.25, 0.3) is 0 Å². The molecule has 6 heteroatoms. The molecule has 1 heterocycles. The summed E-state index contributed by atoms with van der Waals surface area (Å²) >= 11 is 0. The summed E-state index contributed by atoms with van der Waals surface area (Å²) in [7, 11) is 0. The highest BCUT2D eigenvalue weighted by Gasteiger charge is 2.31.